The lowest BCUT2D eigenvalue weighted by atomic mass is 10.1. The van der Waals surface area contributed by atoms with Gasteiger partial charge in [-0.2, -0.15) is 0 Å². The van der Waals surface area contributed by atoms with E-state index in [0.717, 1.165) is 11.1 Å². The zero-order valence-corrected chi connectivity index (χ0v) is 10.0. The molecule has 16 heavy (non-hydrogen) atoms. The molecule has 0 amide bonds. The molecular formula is C11H9Cl2N3. The molecule has 3 nitrogen and oxygen atoms in total. The van der Waals surface area contributed by atoms with Crippen LogP contribution in [-0.2, 0) is 0 Å². The summed E-state index contributed by atoms with van der Waals surface area (Å²) in [7, 11) is 0. The Bertz CT molecular complexity index is 541. The fraction of sp³-hybridized carbons (Fsp3) is 0.0909. The highest BCUT2D eigenvalue weighted by Gasteiger charge is 2.09. The van der Waals surface area contributed by atoms with E-state index in [-0.39, 0.29) is 5.82 Å². The standard InChI is InChI=1S/C11H9Cl2N3/c1-6-2-7(5-15-4-6)10-8(12)3-9(13)11(14)16-10/h2-5H,1H3,(H2,14,16). The summed E-state index contributed by atoms with van der Waals surface area (Å²) in [5.41, 5.74) is 8.10. The largest absolute Gasteiger partial charge is 0.382 e. The van der Waals surface area contributed by atoms with E-state index < -0.39 is 0 Å². The smallest absolute Gasteiger partial charge is 0.143 e. The Morgan fingerprint density at radius 2 is 1.88 bits per heavy atom. The number of hydrogen-bond acceptors (Lipinski definition) is 3. The Morgan fingerprint density at radius 1 is 1.12 bits per heavy atom. The van der Waals surface area contributed by atoms with Crippen molar-refractivity contribution in [3.05, 3.63) is 40.1 Å². The molecule has 0 aliphatic heterocycles. The van der Waals surface area contributed by atoms with E-state index in [1.807, 2.05) is 13.0 Å². The summed E-state index contributed by atoms with van der Waals surface area (Å²) >= 11 is 11.9. The number of halogens is 2. The minimum atomic E-state index is 0.266. The van der Waals surface area contributed by atoms with E-state index in [1.165, 1.54) is 0 Å². The summed E-state index contributed by atoms with van der Waals surface area (Å²) in [6, 6.07) is 3.53. The lowest BCUT2D eigenvalue weighted by molar-refractivity contribution is 1.24. The Hall–Kier alpha value is -1.32. The quantitative estimate of drug-likeness (QED) is 0.849. The van der Waals surface area contributed by atoms with Gasteiger partial charge in [0.05, 0.1) is 15.7 Å². The molecule has 0 saturated heterocycles. The van der Waals surface area contributed by atoms with Crippen LogP contribution in [0, 0.1) is 6.92 Å². The number of anilines is 1. The van der Waals surface area contributed by atoms with Gasteiger partial charge in [-0.1, -0.05) is 23.2 Å². The van der Waals surface area contributed by atoms with Crippen LogP contribution in [0.2, 0.25) is 10.0 Å². The van der Waals surface area contributed by atoms with Gasteiger partial charge in [-0.05, 0) is 24.6 Å². The Morgan fingerprint density at radius 3 is 2.56 bits per heavy atom. The number of rotatable bonds is 1. The Kier molecular flexibility index (Phi) is 2.99. The first-order valence-electron chi connectivity index (χ1n) is 4.61. The van der Waals surface area contributed by atoms with Crippen LogP contribution in [0.15, 0.2) is 24.5 Å². The van der Waals surface area contributed by atoms with Crippen molar-refractivity contribution >= 4 is 29.0 Å². The number of nitrogens with zero attached hydrogens (tertiary/aromatic N) is 2. The lowest BCUT2D eigenvalue weighted by Gasteiger charge is -2.06. The Labute approximate surface area is 103 Å². The molecule has 0 radical (unpaired) electrons. The van der Waals surface area contributed by atoms with Gasteiger partial charge in [0.25, 0.3) is 0 Å². The molecule has 2 aromatic heterocycles. The van der Waals surface area contributed by atoms with Gasteiger partial charge in [-0.15, -0.1) is 0 Å². The molecule has 0 aromatic carbocycles. The van der Waals surface area contributed by atoms with Crippen LogP contribution in [0.1, 0.15) is 5.56 Å². The molecular weight excluding hydrogens is 245 g/mol. The maximum atomic E-state index is 6.06. The maximum Gasteiger partial charge on any atom is 0.143 e. The normalized spacial score (nSPS) is 10.4. The Balaban J connectivity index is 2.60. The van der Waals surface area contributed by atoms with E-state index in [0.29, 0.717) is 15.7 Å². The molecule has 0 aliphatic carbocycles. The molecule has 5 heteroatoms. The number of pyridine rings is 2. The topological polar surface area (TPSA) is 51.8 Å². The van der Waals surface area contributed by atoms with Crippen molar-refractivity contribution in [3.63, 3.8) is 0 Å². The van der Waals surface area contributed by atoms with Gasteiger partial charge in [-0.25, -0.2) is 4.98 Å². The summed E-state index contributed by atoms with van der Waals surface area (Å²) in [5, 5.41) is 0.820. The van der Waals surface area contributed by atoms with Gasteiger partial charge in [0.15, 0.2) is 0 Å². The monoisotopic (exact) mass is 253 g/mol. The number of aryl methyl sites for hydroxylation is 1. The van der Waals surface area contributed by atoms with Crippen molar-refractivity contribution < 1.29 is 0 Å². The van der Waals surface area contributed by atoms with Gasteiger partial charge in [-0.3, -0.25) is 4.98 Å². The summed E-state index contributed by atoms with van der Waals surface area (Å²) < 4.78 is 0. The molecule has 2 rings (SSSR count). The zero-order valence-electron chi connectivity index (χ0n) is 8.54. The molecule has 0 fully saturated rings. The van der Waals surface area contributed by atoms with Crippen molar-refractivity contribution in [1.82, 2.24) is 9.97 Å². The highest BCUT2D eigenvalue weighted by atomic mass is 35.5. The van der Waals surface area contributed by atoms with E-state index in [2.05, 4.69) is 9.97 Å². The lowest BCUT2D eigenvalue weighted by Crippen LogP contribution is -1.95. The van der Waals surface area contributed by atoms with Gasteiger partial charge in [0.1, 0.15) is 5.82 Å². The summed E-state index contributed by atoms with van der Waals surface area (Å²) in [6.07, 6.45) is 3.45. The fourth-order valence-corrected chi connectivity index (χ4v) is 1.84. The van der Waals surface area contributed by atoms with Crippen molar-refractivity contribution in [2.75, 3.05) is 5.73 Å². The van der Waals surface area contributed by atoms with E-state index in [4.69, 9.17) is 28.9 Å². The fourth-order valence-electron chi connectivity index (χ4n) is 1.37. The summed E-state index contributed by atoms with van der Waals surface area (Å²) in [6.45, 7) is 1.95. The second-order valence-electron chi connectivity index (χ2n) is 3.44. The van der Waals surface area contributed by atoms with Crippen LogP contribution in [0.4, 0.5) is 5.82 Å². The van der Waals surface area contributed by atoms with Crippen LogP contribution in [0.5, 0.6) is 0 Å². The van der Waals surface area contributed by atoms with Gasteiger partial charge in [0.2, 0.25) is 0 Å². The van der Waals surface area contributed by atoms with E-state index >= 15 is 0 Å². The molecule has 0 unspecified atom stereocenters. The first-order chi connectivity index (χ1) is 7.58. The third kappa shape index (κ3) is 2.10. The van der Waals surface area contributed by atoms with Crippen LogP contribution in [0.3, 0.4) is 0 Å². The zero-order chi connectivity index (χ0) is 11.7. The van der Waals surface area contributed by atoms with Crippen molar-refractivity contribution in [3.8, 4) is 11.3 Å². The molecule has 2 aromatic rings. The highest BCUT2D eigenvalue weighted by Crippen LogP contribution is 2.30. The summed E-state index contributed by atoms with van der Waals surface area (Å²) in [5.74, 6) is 0.266. The second-order valence-corrected chi connectivity index (χ2v) is 4.25. The molecule has 0 spiro atoms. The third-order valence-corrected chi connectivity index (χ3v) is 2.70. The molecule has 2 N–H and O–H groups in total. The average molecular weight is 254 g/mol. The van der Waals surface area contributed by atoms with Crippen molar-refractivity contribution in [2.24, 2.45) is 0 Å². The maximum absolute atomic E-state index is 6.06. The van der Waals surface area contributed by atoms with Crippen molar-refractivity contribution in [2.45, 2.75) is 6.92 Å². The molecule has 0 aliphatic rings. The highest BCUT2D eigenvalue weighted by molar-refractivity contribution is 6.37. The molecule has 0 bridgehead atoms. The first kappa shape index (κ1) is 11.2. The van der Waals surface area contributed by atoms with Crippen molar-refractivity contribution in [1.29, 1.82) is 0 Å². The number of nitrogens with two attached hydrogens (primary N) is 1. The van der Waals surface area contributed by atoms with Crippen LogP contribution >= 0.6 is 23.2 Å². The predicted octanol–water partition coefficient (Wildman–Crippen LogP) is 3.34. The second kappa shape index (κ2) is 4.28. The van der Waals surface area contributed by atoms with E-state index in [9.17, 15) is 0 Å². The van der Waals surface area contributed by atoms with Crippen LogP contribution in [0.25, 0.3) is 11.3 Å². The minimum absolute atomic E-state index is 0.266. The average Bonchev–Trinajstić information content (AvgIpc) is 2.23. The minimum Gasteiger partial charge on any atom is -0.382 e. The number of hydrogen-bond donors (Lipinski definition) is 1. The molecule has 82 valence electrons. The van der Waals surface area contributed by atoms with Gasteiger partial charge >= 0.3 is 0 Å². The number of aromatic nitrogens is 2. The van der Waals surface area contributed by atoms with E-state index in [1.54, 1.807) is 18.5 Å². The SMILES string of the molecule is Cc1cncc(-c2nc(N)c(Cl)cc2Cl)c1. The summed E-state index contributed by atoms with van der Waals surface area (Å²) in [4.78, 5) is 8.24. The predicted molar refractivity (Wildman–Crippen MR) is 66.6 cm³/mol. The number of nitrogen functional groups attached to an aromatic ring is 1. The first-order valence-corrected chi connectivity index (χ1v) is 5.37. The molecule has 2 heterocycles. The van der Waals surface area contributed by atoms with Gasteiger partial charge < -0.3 is 5.73 Å². The van der Waals surface area contributed by atoms with Crippen LogP contribution in [-0.4, -0.2) is 9.97 Å². The van der Waals surface area contributed by atoms with Gasteiger partial charge in [0, 0.05) is 18.0 Å². The molecule has 0 saturated carbocycles. The molecule has 0 atom stereocenters. The van der Waals surface area contributed by atoms with Crippen LogP contribution < -0.4 is 5.73 Å². The third-order valence-electron chi connectivity index (χ3n) is 2.11.